The minimum Gasteiger partial charge on any atom is -0.362 e. The second-order valence-corrected chi connectivity index (χ2v) is 3.46. The minimum absolute atomic E-state index is 0.0567. The zero-order chi connectivity index (χ0) is 10.9. The van der Waals surface area contributed by atoms with Gasteiger partial charge in [-0.1, -0.05) is 0 Å². The van der Waals surface area contributed by atoms with Gasteiger partial charge in [0.15, 0.2) is 0 Å². The molecule has 0 atom stereocenters. The van der Waals surface area contributed by atoms with Crippen LogP contribution in [0.2, 0.25) is 0 Å². The summed E-state index contributed by atoms with van der Waals surface area (Å²) in [7, 11) is 1.69. The maximum atomic E-state index is 10.7. The van der Waals surface area contributed by atoms with Crippen molar-refractivity contribution in [2.45, 2.75) is 26.8 Å². The third-order valence-corrected chi connectivity index (χ3v) is 1.80. The van der Waals surface area contributed by atoms with E-state index >= 15 is 0 Å². The zero-order valence-electron chi connectivity index (χ0n) is 8.74. The summed E-state index contributed by atoms with van der Waals surface area (Å²) in [6, 6.07) is 0.142. The monoisotopic (exact) mass is 198 g/mol. The molecule has 0 unspecified atom stereocenters. The molecular formula is C8H14N4O2. The molecule has 0 amide bonds. The molecule has 6 nitrogen and oxygen atoms in total. The number of nitro groups is 1. The Balaban J connectivity index is 3.18. The fraction of sp³-hybridized carbons (Fsp3) is 0.625. The van der Waals surface area contributed by atoms with Crippen LogP contribution in [0.1, 0.15) is 19.5 Å². The van der Waals surface area contributed by atoms with Crippen LogP contribution in [-0.2, 0) is 7.05 Å². The number of hydrogen-bond donors (Lipinski definition) is 1. The van der Waals surface area contributed by atoms with Crippen molar-refractivity contribution in [2.75, 3.05) is 5.32 Å². The average molecular weight is 198 g/mol. The molecule has 6 heteroatoms. The third-order valence-electron chi connectivity index (χ3n) is 1.80. The van der Waals surface area contributed by atoms with Gasteiger partial charge in [0.25, 0.3) is 0 Å². The van der Waals surface area contributed by atoms with Gasteiger partial charge in [0.1, 0.15) is 5.69 Å². The van der Waals surface area contributed by atoms with Crippen molar-refractivity contribution in [3.05, 3.63) is 15.8 Å². The van der Waals surface area contributed by atoms with Gasteiger partial charge in [0.2, 0.25) is 5.82 Å². The second-order valence-electron chi connectivity index (χ2n) is 3.46. The first-order valence-electron chi connectivity index (χ1n) is 4.38. The van der Waals surface area contributed by atoms with Crippen LogP contribution in [0, 0.1) is 17.0 Å². The molecule has 1 heterocycles. The fourth-order valence-electron chi connectivity index (χ4n) is 1.30. The van der Waals surface area contributed by atoms with Crippen molar-refractivity contribution in [3.8, 4) is 0 Å². The molecule has 0 aliphatic rings. The highest BCUT2D eigenvalue weighted by Crippen LogP contribution is 2.27. The van der Waals surface area contributed by atoms with Crippen LogP contribution in [0.15, 0.2) is 0 Å². The van der Waals surface area contributed by atoms with Crippen LogP contribution in [0.4, 0.5) is 11.5 Å². The highest BCUT2D eigenvalue weighted by atomic mass is 16.6. The molecule has 1 N–H and O–H groups in total. The first-order valence-corrected chi connectivity index (χ1v) is 4.38. The molecule has 0 saturated heterocycles. The Bertz CT molecular complexity index is 356. The van der Waals surface area contributed by atoms with Crippen molar-refractivity contribution >= 4 is 11.5 Å². The Hall–Kier alpha value is -1.59. The smallest absolute Gasteiger partial charge is 0.333 e. The summed E-state index contributed by atoms with van der Waals surface area (Å²) >= 11 is 0. The molecule has 0 spiro atoms. The second kappa shape index (κ2) is 3.65. The number of nitrogens with one attached hydrogen (secondary N) is 1. The Morgan fingerprint density at radius 1 is 1.57 bits per heavy atom. The SMILES string of the molecule is Cc1nn(C)c(NC(C)C)c1[N+](=O)[O-]. The predicted molar refractivity (Wildman–Crippen MR) is 53.4 cm³/mol. The van der Waals surface area contributed by atoms with E-state index in [1.54, 1.807) is 14.0 Å². The molecular weight excluding hydrogens is 184 g/mol. The molecule has 0 saturated carbocycles. The fourth-order valence-corrected chi connectivity index (χ4v) is 1.30. The summed E-state index contributed by atoms with van der Waals surface area (Å²) < 4.78 is 1.49. The van der Waals surface area contributed by atoms with Gasteiger partial charge >= 0.3 is 5.69 Å². The number of rotatable bonds is 3. The normalized spacial score (nSPS) is 10.6. The summed E-state index contributed by atoms with van der Waals surface area (Å²) in [5, 5.41) is 17.8. The van der Waals surface area contributed by atoms with E-state index in [4.69, 9.17) is 0 Å². The number of hydrogen-bond acceptors (Lipinski definition) is 4. The number of aromatic nitrogens is 2. The highest BCUT2D eigenvalue weighted by Gasteiger charge is 2.23. The Kier molecular flexibility index (Phi) is 2.73. The average Bonchev–Trinajstić information content (AvgIpc) is 2.25. The maximum Gasteiger partial charge on any atom is 0.333 e. The molecule has 14 heavy (non-hydrogen) atoms. The quantitative estimate of drug-likeness (QED) is 0.589. The molecule has 1 rings (SSSR count). The van der Waals surface area contributed by atoms with E-state index in [0.29, 0.717) is 11.5 Å². The van der Waals surface area contributed by atoms with Gasteiger partial charge in [-0.25, -0.2) is 4.68 Å². The van der Waals surface area contributed by atoms with Gasteiger partial charge in [-0.05, 0) is 20.8 Å². The molecule has 0 aliphatic carbocycles. The number of aryl methyl sites for hydroxylation is 2. The van der Waals surface area contributed by atoms with Crippen LogP contribution < -0.4 is 5.32 Å². The Morgan fingerprint density at radius 3 is 2.57 bits per heavy atom. The van der Waals surface area contributed by atoms with Crippen LogP contribution in [0.5, 0.6) is 0 Å². The van der Waals surface area contributed by atoms with Gasteiger partial charge in [-0.3, -0.25) is 10.1 Å². The van der Waals surface area contributed by atoms with Gasteiger partial charge in [0, 0.05) is 13.1 Å². The van der Waals surface area contributed by atoms with Crippen molar-refractivity contribution in [1.82, 2.24) is 9.78 Å². The highest BCUT2D eigenvalue weighted by molar-refractivity contribution is 5.59. The van der Waals surface area contributed by atoms with E-state index in [9.17, 15) is 10.1 Å². The van der Waals surface area contributed by atoms with Crippen LogP contribution in [0.25, 0.3) is 0 Å². The van der Waals surface area contributed by atoms with E-state index < -0.39 is 4.92 Å². The van der Waals surface area contributed by atoms with E-state index in [-0.39, 0.29) is 11.7 Å². The molecule has 0 aromatic carbocycles. The summed E-state index contributed by atoms with van der Waals surface area (Å²) in [4.78, 5) is 10.3. The third kappa shape index (κ3) is 1.84. The Labute approximate surface area is 82.1 Å². The molecule has 0 aliphatic heterocycles. The standard InChI is InChI=1S/C8H14N4O2/c1-5(2)9-8-7(12(13)14)6(3)10-11(8)4/h5,9H,1-4H3. The maximum absolute atomic E-state index is 10.7. The zero-order valence-corrected chi connectivity index (χ0v) is 8.74. The van der Waals surface area contributed by atoms with Crippen molar-refractivity contribution in [2.24, 2.45) is 7.05 Å². The van der Waals surface area contributed by atoms with Gasteiger partial charge in [0.05, 0.1) is 4.92 Å². The lowest BCUT2D eigenvalue weighted by atomic mass is 10.3. The lowest BCUT2D eigenvalue weighted by Gasteiger charge is -2.08. The lowest BCUT2D eigenvalue weighted by Crippen LogP contribution is -2.14. The van der Waals surface area contributed by atoms with E-state index in [2.05, 4.69) is 10.4 Å². The van der Waals surface area contributed by atoms with Crippen LogP contribution >= 0.6 is 0 Å². The summed E-state index contributed by atoms with van der Waals surface area (Å²) in [6.45, 7) is 5.47. The molecule has 0 radical (unpaired) electrons. The summed E-state index contributed by atoms with van der Waals surface area (Å²) in [5.41, 5.74) is 0.488. The first kappa shape index (κ1) is 10.5. The topological polar surface area (TPSA) is 73.0 Å². The summed E-state index contributed by atoms with van der Waals surface area (Å²) in [6.07, 6.45) is 0. The van der Waals surface area contributed by atoms with E-state index in [0.717, 1.165) is 0 Å². The van der Waals surface area contributed by atoms with Crippen LogP contribution in [0.3, 0.4) is 0 Å². The minimum atomic E-state index is -0.410. The predicted octanol–water partition coefficient (Wildman–Crippen LogP) is 1.46. The Morgan fingerprint density at radius 2 is 2.14 bits per heavy atom. The van der Waals surface area contributed by atoms with E-state index in [1.165, 1.54) is 4.68 Å². The molecule has 0 bridgehead atoms. The first-order chi connectivity index (χ1) is 6.43. The number of nitrogens with zero attached hydrogens (tertiary/aromatic N) is 3. The molecule has 1 aromatic heterocycles. The van der Waals surface area contributed by atoms with Crippen LogP contribution in [-0.4, -0.2) is 20.7 Å². The molecule has 78 valence electrons. The van der Waals surface area contributed by atoms with Gasteiger partial charge in [-0.15, -0.1) is 0 Å². The summed E-state index contributed by atoms with van der Waals surface area (Å²) in [5.74, 6) is 0.461. The van der Waals surface area contributed by atoms with Crippen molar-refractivity contribution < 1.29 is 4.92 Å². The van der Waals surface area contributed by atoms with Gasteiger partial charge in [-0.2, -0.15) is 5.10 Å². The van der Waals surface area contributed by atoms with Gasteiger partial charge < -0.3 is 5.32 Å². The number of anilines is 1. The van der Waals surface area contributed by atoms with E-state index in [1.807, 2.05) is 13.8 Å². The lowest BCUT2D eigenvalue weighted by molar-refractivity contribution is -0.384. The van der Waals surface area contributed by atoms with Crippen molar-refractivity contribution in [3.63, 3.8) is 0 Å². The largest absolute Gasteiger partial charge is 0.362 e. The molecule has 0 fully saturated rings. The van der Waals surface area contributed by atoms with Crippen molar-refractivity contribution in [1.29, 1.82) is 0 Å². The molecule has 1 aromatic rings.